The van der Waals surface area contributed by atoms with Gasteiger partial charge in [0.2, 0.25) is 18.9 Å². The van der Waals surface area contributed by atoms with Crippen LogP contribution < -0.4 is 14.2 Å². The number of esters is 1. The molecule has 3 fully saturated rings. The average molecular weight is 952 g/mol. The Morgan fingerprint density at radius 3 is 1.76 bits per heavy atom. The van der Waals surface area contributed by atoms with Crippen molar-refractivity contribution in [2.45, 2.75) is 98.2 Å². The van der Waals surface area contributed by atoms with Gasteiger partial charge in [-0.3, -0.25) is 0 Å². The number of aliphatic hydroxyl groups excluding tert-OH is 11. The fourth-order valence-electron chi connectivity index (χ4n) is 7.54. The van der Waals surface area contributed by atoms with Crippen molar-refractivity contribution in [2.24, 2.45) is 0 Å². The first kappa shape index (κ1) is 49.4. The molecule has 7 rings (SSSR count). The summed E-state index contributed by atoms with van der Waals surface area (Å²) in [4.78, 5) is 12.9. The first-order valence-corrected chi connectivity index (χ1v) is 20.6. The van der Waals surface area contributed by atoms with E-state index in [9.17, 15) is 76.3 Å². The van der Waals surface area contributed by atoms with Gasteiger partial charge in [-0.1, -0.05) is 6.07 Å². The van der Waals surface area contributed by atoms with E-state index >= 15 is 0 Å². The van der Waals surface area contributed by atoms with Gasteiger partial charge < -0.3 is 114 Å². The quantitative estimate of drug-likeness (QED) is 0.0425. The summed E-state index contributed by atoms with van der Waals surface area (Å²) in [5.74, 6) is -2.59. The summed E-state index contributed by atoms with van der Waals surface area (Å²) in [7, 11) is 1.30. The van der Waals surface area contributed by atoms with Gasteiger partial charge in [-0.05, 0) is 42.0 Å². The summed E-state index contributed by atoms with van der Waals surface area (Å²) in [6.45, 7) is -2.19. The van der Waals surface area contributed by atoms with Crippen molar-refractivity contribution in [1.29, 1.82) is 0 Å². The molecule has 0 aromatic heterocycles. The number of ether oxygens (including phenoxy) is 9. The molecule has 3 aromatic rings. The molecule has 0 amide bonds. The summed E-state index contributed by atoms with van der Waals surface area (Å²) >= 11 is 0. The molecule has 0 bridgehead atoms. The van der Waals surface area contributed by atoms with E-state index in [2.05, 4.69) is 0 Å². The number of hydrogen-bond acceptors (Lipinski definition) is 23. The maximum atomic E-state index is 12.9. The predicted molar refractivity (Wildman–Crippen MR) is 220 cm³/mol. The zero-order valence-corrected chi connectivity index (χ0v) is 35.1. The van der Waals surface area contributed by atoms with Crippen molar-refractivity contribution >= 4 is 18.1 Å². The van der Waals surface area contributed by atoms with Crippen LogP contribution in [0.5, 0.6) is 40.2 Å². The molecule has 16 unspecified atom stereocenters. The number of aromatic hydroxyl groups is 4. The third-order valence-electron chi connectivity index (χ3n) is 11.3. The maximum Gasteiger partial charge on any atom is 0.330 e. The molecular formula is C43H51O24+. The Labute approximate surface area is 379 Å². The van der Waals surface area contributed by atoms with Gasteiger partial charge in [-0.25, -0.2) is 4.79 Å². The van der Waals surface area contributed by atoms with Gasteiger partial charge in [0.25, 0.3) is 11.9 Å². The Balaban J connectivity index is 1.09. The van der Waals surface area contributed by atoms with Gasteiger partial charge in [0.15, 0.2) is 28.8 Å². The lowest BCUT2D eigenvalue weighted by Crippen LogP contribution is -2.60. The molecule has 15 N–H and O–H groups in total. The third kappa shape index (κ3) is 10.5. The van der Waals surface area contributed by atoms with Crippen molar-refractivity contribution in [3.63, 3.8) is 0 Å². The first-order valence-electron chi connectivity index (χ1n) is 20.6. The monoisotopic (exact) mass is 951 g/mol. The zero-order chi connectivity index (χ0) is 48.4. The molecule has 3 aromatic carbocycles. The van der Waals surface area contributed by atoms with Crippen molar-refractivity contribution in [3.8, 4) is 40.2 Å². The topological polar surface area (TPSA) is 387 Å². The van der Waals surface area contributed by atoms with E-state index in [0.717, 1.165) is 12.1 Å². The predicted octanol–water partition coefficient (Wildman–Crippen LogP) is -3.41. The summed E-state index contributed by atoms with van der Waals surface area (Å²) in [6.07, 6.45) is -23.2. The summed E-state index contributed by atoms with van der Waals surface area (Å²) in [5.41, 5.74) is 0.618. The van der Waals surface area contributed by atoms with E-state index in [1.54, 1.807) is 0 Å². The molecular weight excluding hydrogens is 900 g/mol. The van der Waals surface area contributed by atoms with Crippen LogP contribution in [-0.4, -0.2) is 201 Å². The third-order valence-corrected chi connectivity index (χ3v) is 11.3. The van der Waals surface area contributed by atoms with E-state index in [0.29, 0.717) is 5.56 Å². The van der Waals surface area contributed by atoms with Crippen LogP contribution >= 0.6 is 0 Å². The summed E-state index contributed by atoms with van der Waals surface area (Å²) in [6, 6.07) is 10.3. The van der Waals surface area contributed by atoms with Crippen molar-refractivity contribution in [1.82, 2.24) is 0 Å². The van der Waals surface area contributed by atoms with Crippen LogP contribution in [0, 0.1) is 0 Å². The van der Waals surface area contributed by atoms with Crippen LogP contribution in [0.2, 0.25) is 0 Å². The van der Waals surface area contributed by atoms with E-state index in [1.807, 2.05) is 0 Å². The second-order valence-electron chi connectivity index (χ2n) is 15.8. The second-order valence-corrected chi connectivity index (χ2v) is 15.8. The van der Waals surface area contributed by atoms with E-state index in [1.165, 1.54) is 61.7 Å². The summed E-state index contributed by atoms with van der Waals surface area (Å²) < 4.78 is 49.5. The van der Waals surface area contributed by atoms with Crippen LogP contribution in [0.4, 0.5) is 0 Å². The molecule has 0 saturated carbocycles. The number of rotatable bonds is 14. The van der Waals surface area contributed by atoms with Crippen LogP contribution in [0.15, 0.2) is 60.4 Å². The molecule has 16 atom stereocenters. The van der Waals surface area contributed by atoms with E-state index in [-0.39, 0.29) is 51.4 Å². The van der Waals surface area contributed by atoms with Crippen LogP contribution in [0.25, 0.3) is 12.2 Å². The van der Waals surface area contributed by atoms with Crippen molar-refractivity contribution in [3.05, 3.63) is 77.1 Å². The SMILES string of the molecule is COc1cc(C2[OH+]c3cc(O)cc(OC4OC(CO)C(O)C(O)C4O)c3C=C2OC2OC(COC(=O)C=Cc3ccc(O)c(OC4OC(CO)C(O)C(O)C4O)c3)C(O)C(O)C2O)ccc1O. The summed E-state index contributed by atoms with van der Waals surface area (Å²) in [5, 5.41) is 145. The number of methoxy groups -OCH3 is 1. The molecule has 67 heavy (non-hydrogen) atoms. The first-order chi connectivity index (χ1) is 31.9. The minimum Gasteiger partial charge on any atom is -0.571 e. The smallest absolute Gasteiger partial charge is 0.330 e. The van der Waals surface area contributed by atoms with Gasteiger partial charge >= 0.3 is 5.97 Å². The van der Waals surface area contributed by atoms with Gasteiger partial charge in [-0.15, -0.1) is 0 Å². The lowest BCUT2D eigenvalue weighted by Gasteiger charge is -2.41. The average Bonchev–Trinajstić information content (AvgIpc) is 3.31. The Bertz CT molecular complexity index is 2270. The fraction of sp³-hybridized carbons (Fsp3) is 0.465. The second kappa shape index (κ2) is 20.8. The molecule has 0 radical (unpaired) electrons. The van der Waals surface area contributed by atoms with E-state index in [4.69, 9.17) is 42.6 Å². The largest absolute Gasteiger partial charge is 0.571 e. The Kier molecular flexibility index (Phi) is 15.3. The molecule has 0 spiro atoms. The molecule has 24 heteroatoms. The van der Waals surface area contributed by atoms with Gasteiger partial charge in [0.1, 0.15) is 96.9 Å². The highest BCUT2D eigenvalue weighted by Crippen LogP contribution is 2.47. The number of benzene rings is 3. The number of fused-ring (bicyclic) bond motifs is 1. The van der Waals surface area contributed by atoms with Crippen molar-refractivity contribution in [2.75, 3.05) is 26.9 Å². The van der Waals surface area contributed by atoms with Crippen LogP contribution in [0.1, 0.15) is 22.8 Å². The standard InChI is InChI=1S/C43H50O24/c1-59-24-9-17(4-6-20(24)47)40-26(12-19-22(61-40)10-18(46)11-23(19)62-41-37(56)34(53)31(50)27(13-44)65-41)64-43-39(58)36(55)33(52)29(67-43)15-60-30(49)7-3-16-2-5-21(48)25(8-16)63-42-38(57)35(54)32(51)28(14-45)66-42/h2-12,27-29,31-48,50-58H,13-15H2,1H3/p+1. The molecule has 0 aliphatic carbocycles. The van der Waals surface area contributed by atoms with Gasteiger partial charge in [0.05, 0.1) is 32.0 Å². The molecule has 4 aliphatic heterocycles. The number of carbonyl (C=O) groups excluding carboxylic acids is 1. The highest BCUT2D eigenvalue weighted by Gasteiger charge is 2.49. The zero-order valence-electron chi connectivity index (χ0n) is 35.1. The highest BCUT2D eigenvalue weighted by molar-refractivity contribution is 5.87. The molecule has 4 heterocycles. The molecule has 366 valence electrons. The Hall–Kier alpha value is -5.55. The molecule has 4 aliphatic rings. The number of aliphatic hydroxyl groups is 12. The minimum atomic E-state index is -1.95. The van der Waals surface area contributed by atoms with Crippen LogP contribution in [0.3, 0.4) is 0 Å². The highest BCUT2D eigenvalue weighted by atomic mass is 16.7. The number of hydrogen-bond donors (Lipinski definition) is 14. The number of phenolic OH excluding ortho intramolecular Hbond substituents is 3. The Morgan fingerprint density at radius 2 is 1.16 bits per heavy atom. The fourth-order valence-corrected chi connectivity index (χ4v) is 7.54. The van der Waals surface area contributed by atoms with E-state index < -0.39 is 130 Å². The maximum absolute atomic E-state index is 12.9. The van der Waals surface area contributed by atoms with Gasteiger partial charge in [0, 0.05) is 18.2 Å². The van der Waals surface area contributed by atoms with Gasteiger partial charge in [-0.2, -0.15) is 0 Å². The lowest BCUT2D eigenvalue weighted by molar-refractivity contribution is -0.296. The lowest BCUT2D eigenvalue weighted by atomic mass is 9.98. The Morgan fingerprint density at radius 1 is 0.627 bits per heavy atom. The van der Waals surface area contributed by atoms with Crippen molar-refractivity contribution < 1.29 is 119 Å². The molecule has 24 nitrogen and oxygen atoms in total. The van der Waals surface area contributed by atoms with Crippen LogP contribution in [-0.2, 0) is 28.5 Å². The number of phenols is 3. The minimum absolute atomic E-state index is 0.0242. The normalized spacial score (nSPS) is 34.1. The molecule has 3 saturated heterocycles. The number of carbonyl (C=O) groups is 1.